The number of carbonyl (C=O) groups is 2. The second-order valence-electron chi connectivity index (χ2n) is 5.20. The fraction of sp³-hybridized carbons (Fsp3) is 0.467. The molecule has 1 atom stereocenters. The molecule has 1 saturated heterocycles. The summed E-state index contributed by atoms with van der Waals surface area (Å²) in [6, 6.07) is 4.91. The molecule has 1 aliphatic heterocycles. The number of carbonyl (C=O) groups excluding carboxylic acids is 2. The molecule has 0 saturated carbocycles. The van der Waals surface area contributed by atoms with Crippen LogP contribution in [0.15, 0.2) is 18.2 Å². The Morgan fingerprint density at radius 1 is 1.45 bits per heavy atom. The van der Waals surface area contributed by atoms with Crippen LogP contribution >= 0.6 is 12.4 Å². The van der Waals surface area contributed by atoms with E-state index in [0.717, 1.165) is 13.1 Å². The first-order valence-electron chi connectivity index (χ1n) is 7.11. The van der Waals surface area contributed by atoms with Gasteiger partial charge in [-0.25, -0.2) is 0 Å². The molecule has 4 N–H and O–H groups in total. The Balaban J connectivity index is 0.00000242. The predicted molar refractivity (Wildman–Crippen MR) is 87.5 cm³/mol. The van der Waals surface area contributed by atoms with Crippen molar-refractivity contribution < 1.29 is 14.3 Å². The molecular weight excluding hydrogens is 306 g/mol. The van der Waals surface area contributed by atoms with Gasteiger partial charge in [0.2, 0.25) is 5.91 Å². The molecule has 1 fully saturated rings. The Kier molecular flexibility index (Phi) is 6.64. The van der Waals surface area contributed by atoms with Gasteiger partial charge in [0.25, 0.3) is 5.91 Å². The van der Waals surface area contributed by atoms with E-state index in [9.17, 15) is 9.59 Å². The maximum absolute atomic E-state index is 12.2. The van der Waals surface area contributed by atoms with Gasteiger partial charge in [0.05, 0.1) is 17.9 Å². The summed E-state index contributed by atoms with van der Waals surface area (Å²) in [4.78, 5) is 23.7. The average Bonchev–Trinajstić information content (AvgIpc) is 2.38. The average molecular weight is 328 g/mol. The summed E-state index contributed by atoms with van der Waals surface area (Å²) >= 11 is 0. The molecule has 22 heavy (non-hydrogen) atoms. The standard InChI is InChI=1S/C15H21N3O3.ClH/c1-3-21-11-4-5-13(12(6-11)14(16)19)18-15(20)9(2)10-7-17-8-10;/h4-6,9-10,17H,3,7-8H2,1-2H3,(H2,16,19)(H,18,20);1H. The number of nitrogens with two attached hydrogens (primary N) is 1. The first-order valence-corrected chi connectivity index (χ1v) is 7.11. The fourth-order valence-corrected chi connectivity index (χ4v) is 2.22. The first-order chi connectivity index (χ1) is 10.0. The van der Waals surface area contributed by atoms with Crippen molar-refractivity contribution in [2.75, 3.05) is 25.0 Å². The smallest absolute Gasteiger partial charge is 0.250 e. The molecule has 2 rings (SSSR count). The number of hydrogen-bond acceptors (Lipinski definition) is 4. The third-order valence-corrected chi connectivity index (χ3v) is 3.76. The molecule has 6 nitrogen and oxygen atoms in total. The molecule has 1 unspecified atom stereocenters. The molecule has 1 aliphatic rings. The number of ether oxygens (including phenoxy) is 1. The third-order valence-electron chi connectivity index (χ3n) is 3.76. The Morgan fingerprint density at radius 3 is 2.64 bits per heavy atom. The second-order valence-corrected chi connectivity index (χ2v) is 5.20. The zero-order chi connectivity index (χ0) is 15.4. The van der Waals surface area contributed by atoms with Crippen molar-refractivity contribution >= 4 is 29.9 Å². The second kappa shape index (κ2) is 8.00. The zero-order valence-corrected chi connectivity index (χ0v) is 13.5. The van der Waals surface area contributed by atoms with Gasteiger partial charge < -0.3 is 21.1 Å². The Morgan fingerprint density at radius 2 is 2.14 bits per heavy atom. The van der Waals surface area contributed by atoms with E-state index in [0.29, 0.717) is 24.0 Å². The van der Waals surface area contributed by atoms with Crippen LogP contribution in [0.5, 0.6) is 5.75 Å². The van der Waals surface area contributed by atoms with Gasteiger partial charge >= 0.3 is 0 Å². The minimum Gasteiger partial charge on any atom is -0.494 e. The van der Waals surface area contributed by atoms with Crippen molar-refractivity contribution in [1.82, 2.24) is 5.32 Å². The maximum Gasteiger partial charge on any atom is 0.250 e. The molecule has 122 valence electrons. The molecule has 1 aromatic carbocycles. The SMILES string of the molecule is CCOc1ccc(NC(=O)C(C)C2CNC2)c(C(N)=O)c1.Cl. The van der Waals surface area contributed by atoms with E-state index in [1.54, 1.807) is 18.2 Å². The normalized spacial score (nSPS) is 15.2. The maximum atomic E-state index is 12.2. The summed E-state index contributed by atoms with van der Waals surface area (Å²) in [5.41, 5.74) is 6.06. The highest BCUT2D eigenvalue weighted by Gasteiger charge is 2.29. The molecule has 0 aromatic heterocycles. The fourth-order valence-electron chi connectivity index (χ4n) is 2.22. The number of primary amides is 1. The predicted octanol–water partition coefficient (Wildman–Crippen LogP) is 1.40. The number of nitrogens with one attached hydrogen (secondary N) is 2. The molecular formula is C15H22ClN3O3. The zero-order valence-electron chi connectivity index (χ0n) is 12.7. The molecule has 0 aliphatic carbocycles. The van der Waals surface area contributed by atoms with Crippen LogP contribution in [-0.4, -0.2) is 31.5 Å². The summed E-state index contributed by atoms with van der Waals surface area (Å²) in [5.74, 6) is 0.0850. The van der Waals surface area contributed by atoms with E-state index >= 15 is 0 Å². The monoisotopic (exact) mass is 327 g/mol. The van der Waals surface area contributed by atoms with E-state index < -0.39 is 5.91 Å². The third kappa shape index (κ3) is 4.11. The highest BCUT2D eigenvalue weighted by molar-refractivity contribution is 6.03. The van der Waals surface area contributed by atoms with Crippen LogP contribution < -0.4 is 21.1 Å². The molecule has 0 bridgehead atoms. The van der Waals surface area contributed by atoms with Gasteiger partial charge in [-0.15, -0.1) is 12.4 Å². The van der Waals surface area contributed by atoms with Crippen LogP contribution in [-0.2, 0) is 4.79 Å². The first kappa shape index (κ1) is 18.3. The topological polar surface area (TPSA) is 93.4 Å². The molecule has 1 aromatic rings. The van der Waals surface area contributed by atoms with Crippen LogP contribution in [0.1, 0.15) is 24.2 Å². The number of rotatable bonds is 6. The minimum atomic E-state index is -0.593. The van der Waals surface area contributed by atoms with E-state index in [-0.39, 0.29) is 29.8 Å². The lowest BCUT2D eigenvalue weighted by atomic mass is 9.88. The van der Waals surface area contributed by atoms with Crippen molar-refractivity contribution in [3.63, 3.8) is 0 Å². The summed E-state index contributed by atoms with van der Waals surface area (Å²) < 4.78 is 5.34. The van der Waals surface area contributed by atoms with Crippen molar-refractivity contribution in [1.29, 1.82) is 0 Å². The van der Waals surface area contributed by atoms with Gasteiger partial charge in [0.1, 0.15) is 5.75 Å². The molecule has 0 spiro atoms. The number of amides is 2. The Hall–Kier alpha value is -1.79. The Bertz CT molecular complexity index is 547. The minimum absolute atomic E-state index is 0. The number of hydrogen-bond donors (Lipinski definition) is 3. The molecule has 0 radical (unpaired) electrons. The molecule has 2 amide bonds. The van der Waals surface area contributed by atoms with Gasteiger partial charge in [-0.2, -0.15) is 0 Å². The van der Waals surface area contributed by atoms with E-state index in [4.69, 9.17) is 10.5 Å². The van der Waals surface area contributed by atoms with Crippen molar-refractivity contribution in [3.05, 3.63) is 23.8 Å². The summed E-state index contributed by atoms with van der Waals surface area (Å²) in [6.07, 6.45) is 0. The summed E-state index contributed by atoms with van der Waals surface area (Å²) in [7, 11) is 0. The highest BCUT2D eigenvalue weighted by atomic mass is 35.5. The van der Waals surface area contributed by atoms with Crippen molar-refractivity contribution in [2.24, 2.45) is 17.6 Å². The lowest BCUT2D eigenvalue weighted by molar-refractivity contribution is -0.121. The van der Waals surface area contributed by atoms with Crippen LogP contribution in [0.3, 0.4) is 0 Å². The van der Waals surface area contributed by atoms with Gasteiger partial charge in [-0.3, -0.25) is 9.59 Å². The highest BCUT2D eigenvalue weighted by Crippen LogP contribution is 2.24. The van der Waals surface area contributed by atoms with Crippen molar-refractivity contribution in [3.8, 4) is 5.75 Å². The Labute approximate surface area is 136 Å². The summed E-state index contributed by atoms with van der Waals surface area (Å²) in [6.45, 7) is 5.93. The van der Waals surface area contributed by atoms with Crippen molar-refractivity contribution in [2.45, 2.75) is 13.8 Å². The number of benzene rings is 1. The lowest BCUT2D eigenvalue weighted by Crippen LogP contribution is -2.48. The van der Waals surface area contributed by atoms with E-state index in [1.165, 1.54) is 0 Å². The van der Waals surface area contributed by atoms with E-state index in [2.05, 4.69) is 10.6 Å². The molecule has 1 heterocycles. The van der Waals surface area contributed by atoms with Gasteiger partial charge in [-0.1, -0.05) is 6.92 Å². The van der Waals surface area contributed by atoms with Gasteiger partial charge in [-0.05, 0) is 44.1 Å². The number of anilines is 1. The van der Waals surface area contributed by atoms with Crippen LogP contribution in [0, 0.1) is 11.8 Å². The van der Waals surface area contributed by atoms with Gasteiger partial charge in [0, 0.05) is 5.92 Å². The van der Waals surface area contributed by atoms with E-state index in [1.807, 2.05) is 13.8 Å². The van der Waals surface area contributed by atoms with Gasteiger partial charge in [0.15, 0.2) is 0 Å². The molecule has 7 heteroatoms. The largest absolute Gasteiger partial charge is 0.494 e. The number of halogens is 1. The van der Waals surface area contributed by atoms with Crippen LogP contribution in [0.25, 0.3) is 0 Å². The van der Waals surface area contributed by atoms with Crippen LogP contribution in [0.4, 0.5) is 5.69 Å². The lowest BCUT2D eigenvalue weighted by Gasteiger charge is -2.31. The summed E-state index contributed by atoms with van der Waals surface area (Å²) in [5, 5.41) is 5.93. The quantitative estimate of drug-likeness (QED) is 0.736. The van der Waals surface area contributed by atoms with Crippen LogP contribution in [0.2, 0.25) is 0 Å².